The Bertz CT molecular complexity index is 1320. The SMILES string of the molecule is COC(OC)C12c3ccccc3C(c3ccccc31)[C@H]1C(=O)N(c3c(C)cc(C)cc3C)C(=O)[C@H]12. The number of hydrogen-bond acceptors (Lipinski definition) is 4. The number of benzene rings is 3. The lowest BCUT2D eigenvalue weighted by atomic mass is 9.47. The van der Waals surface area contributed by atoms with Crippen molar-refractivity contribution >= 4 is 17.5 Å². The molecule has 2 bridgehead atoms. The summed E-state index contributed by atoms with van der Waals surface area (Å²) in [7, 11) is 3.22. The maximum Gasteiger partial charge on any atom is 0.239 e. The van der Waals surface area contributed by atoms with Crippen LogP contribution in [0.5, 0.6) is 0 Å². The van der Waals surface area contributed by atoms with E-state index in [1.165, 1.54) is 4.90 Å². The molecule has 2 amide bonds. The summed E-state index contributed by atoms with van der Waals surface area (Å²) in [5.74, 6) is -1.67. The second-order valence-corrected chi connectivity index (χ2v) is 10.1. The number of imide groups is 1. The minimum Gasteiger partial charge on any atom is -0.355 e. The topological polar surface area (TPSA) is 55.8 Å². The zero-order valence-electron chi connectivity index (χ0n) is 20.7. The van der Waals surface area contributed by atoms with Gasteiger partial charge in [-0.3, -0.25) is 9.59 Å². The molecule has 0 saturated carbocycles. The lowest BCUT2D eigenvalue weighted by molar-refractivity contribution is -0.168. The van der Waals surface area contributed by atoms with E-state index >= 15 is 0 Å². The molecule has 35 heavy (non-hydrogen) atoms. The monoisotopic (exact) mass is 467 g/mol. The van der Waals surface area contributed by atoms with Gasteiger partial charge in [-0.05, 0) is 54.2 Å². The van der Waals surface area contributed by atoms with E-state index in [-0.39, 0.29) is 17.7 Å². The molecule has 5 nitrogen and oxygen atoms in total. The molecule has 1 fully saturated rings. The van der Waals surface area contributed by atoms with Crippen molar-refractivity contribution in [2.75, 3.05) is 19.1 Å². The van der Waals surface area contributed by atoms with E-state index < -0.39 is 23.5 Å². The summed E-state index contributed by atoms with van der Waals surface area (Å²) in [6, 6.07) is 20.4. The summed E-state index contributed by atoms with van der Waals surface area (Å²) in [5.41, 5.74) is 6.90. The average Bonchev–Trinajstić information content (AvgIpc) is 3.11. The third-order valence-corrected chi connectivity index (χ3v) is 8.34. The molecule has 2 atom stereocenters. The van der Waals surface area contributed by atoms with Crippen LogP contribution in [0.2, 0.25) is 0 Å². The molecule has 1 saturated heterocycles. The van der Waals surface area contributed by atoms with E-state index in [0.717, 1.165) is 38.9 Å². The van der Waals surface area contributed by atoms with Gasteiger partial charge in [-0.2, -0.15) is 0 Å². The third-order valence-electron chi connectivity index (χ3n) is 8.34. The first-order chi connectivity index (χ1) is 16.9. The van der Waals surface area contributed by atoms with E-state index in [2.05, 4.69) is 24.3 Å². The van der Waals surface area contributed by atoms with Gasteiger partial charge in [0.15, 0.2) is 6.29 Å². The Morgan fingerprint density at radius 2 is 1.31 bits per heavy atom. The molecule has 178 valence electrons. The molecule has 5 heteroatoms. The number of carbonyl (C=O) groups excluding carboxylic acids is 2. The molecule has 7 rings (SSSR count). The Morgan fingerprint density at radius 1 is 0.800 bits per heavy atom. The summed E-state index contributed by atoms with van der Waals surface area (Å²) in [6.45, 7) is 5.97. The number of hydrogen-bond donors (Lipinski definition) is 0. The zero-order valence-corrected chi connectivity index (χ0v) is 20.7. The van der Waals surface area contributed by atoms with Gasteiger partial charge < -0.3 is 9.47 Å². The minimum atomic E-state index is -0.940. The van der Waals surface area contributed by atoms with Crippen LogP contribution >= 0.6 is 0 Å². The van der Waals surface area contributed by atoms with Gasteiger partial charge in [0.25, 0.3) is 0 Å². The highest BCUT2D eigenvalue weighted by atomic mass is 16.7. The molecule has 0 N–H and O–H groups in total. The van der Waals surface area contributed by atoms with Gasteiger partial charge in [0.1, 0.15) is 0 Å². The Morgan fingerprint density at radius 3 is 1.83 bits per heavy atom. The normalized spacial score (nSPS) is 26.2. The molecule has 0 spiro atoms. The van der Waals surface area contributed by atoms with E-state index in [1.807, 2.05) is 57.2 Å². The smallest absolute Gasteiger partial charge is 0.239 e. The highest BCUT2D eigenvalue weighted by Crippen LogP contribution is 2.66. The summed E-state index contributed by atoms with van der Waals surface area (Å²) in [6.07, 6.45) is -0.740. The minimum absolute atomic E-state index is 0.139. The molecule has 3 aromatic carbocycles. The van der Waals surface area contributed by atoms with Crippen molar-refractivity contribution in [1.82, 2.24) is 0 Å². The summed E-state index contributed by atoms with van der Waals surface area (Å²) in [4.78, 5) is 30.3. The fourth-order valence-electron chi connectivity index (χ4n) is 7.44. The number of carbonyl (C=O) groups is 2. The summed E-state index contributed by atoms with van der Waals surface area (Å²) in [5, 5.41) is 0. The van der Waals surface area contributed by atoms with Crippen molar-refractivity contribution in [3.63, 3.8) is 0 Å². The number of anilines is 1. The lowest BCUT2D eigenvalue weighted by Gasteiger charge is -2.56. The van der Waals surface area contributed by atoms with Gasteiger partial charge in [0.05, 0.1) is 22.9 Å². The molecule has 0 radical (unpaired) electrons. The number of aryl methyl sites for hydroxylation is 3. The van der Waals surface area contributed by atoms with Crippen molar-refractivity contribution in [2.45, 2.75) is 38.4 Å². The van der Waals surface area contributed by atoms with Gasteiger partial charge in [-0.25, -0.2) is 4.90 Å². The first kappa shape index (κ1) is 22.2. The van der Waals surface area contributed by atoms with Crippen LogP contribution in [0.3, 0.4) is 0 Å². The van der Waals surface area contributed by atoms with Crippen molar-refractivity contribution in [3.8, 4) is 0 Å². The molecular formula is C30H29NO4. The van der Waals surface area contributed by atoms with Gasteiger partial charge in [0, 0.05) is 20.1 Å². The van der Waals surface area contributed by atoms with Gasteiger partial charge in [0.2, 0.25) is 11.8 Å². The number of amides is 2. The van der Waals surface area contributed by atoms with E-state index in [1.54, 1.807) is 14.2 Å². The molecule has 3 aliphatic carbocycles. The Kier molecular flexibility index (Phi) is 4.83. The van der Waals surface area contributed by atoms with Crippen molar-refractivity contribution in [1.29, 1.82) is 0 Å². The van der Waals surface area contributed by atoms with Crippen LogP contribution in [0.1, 0.15) is 44.9 Å². The van der Waals surface area contributed by atoms with Crippen molar-refractivity contribution in [3.05, 3.63) is 99.6 Å². The van der Waals surface area contributed by atoms with Gasteiger partial charge >= 0.3 is 0 Å². The summed E-state index contributed by atoms with van der Waals surface area (Å²) >= 11 is 0. The van der Waals surface area contributed by atoms with Crippen LogP contribution in [0.15, 0.2) is 60.7 Å². The number of methoxy groups -OCH3 is 2. The van der Waals surface area contributed by atoms with E-state index in [4.69, 9.17) is 9.47 Å². The Labute approximate surface area is 205 Å². The van der Waals surface area contributed by atoms with Gasteiger partial charge in [-0.1, -0.05) is 66.2 Å². The predicted molar refractivity (Wildman–Crippen MR) is 133 cm³/mol. The fraction of sp³-hybridized carbons (Fsp3) is 0.333. The second-order valence-electron chi connectivity index (χ2n) is 10.1. The number of rotatable bonds is 4. The standard InChI is InChI=1S/C30H29NO4/c1-16-14-17(2)26(18(3)15-16)31-27(32)24-23-19-10-6-8-12-21(19)30(25(24)28(31)33,29(34-4)35-5)22-13-9-7-11-20(22)23/h6-15,23-25,29H,1-5H3/t23?,24-,25+,30?/m1/s1. The first-order valence-corrected chi connectivity index (χ1v) is 12.1. The second kappa shape index (κ2) is 7.61. The average molecular weight is 468 g/mol. The van der Waals surface area contributed by atoms with Crippen molar-refractivity contribution < 1.29 is 19.1 Å². The van der Waals surface area contributed by atoms with Crippen LogP contribution in [0, 0.1) is 32.6 Å². The fourth-order valence-corrected chi connectivity index (χ4v) is 7.44. The predicted octanol–water partition coefficient (Wildman–Crippen LogP) is 4.78. The van der Waals surface area contributed by atoms with E-state index in [0.29, 0.717) is 5.69 Å². The Balaban J connectivity index is 1.68. The van der Waals surface area contributed by atoms with Crippen LogP contribution in [-0.4, -0.2) is 32.3 Å². The molecule has 3 aromatic rings. The quantitative estimate of drug-likeness (QED) is 0.409. The number of nitrogens with zero attached hydrogens (tertiary/aromatic N) is 1. The highest BCUT2D eigenvalue weighted by molar-refractivity contribution is 6.24. The largest absolute Gasteiger partial charge is 0.355 e. The van der Waals surface area contributed by atoms with E-state index in [9.17, 15) is 9.59 Å². The van der Waals surface area contributed by atoms with Crippen LogP contribution in [0.25, 0.3) is 0 Å². The lowest BCUT2D eigenvalue weighted by Crippen LogP contribution is -2.60. The highest BCUT2D eigenvalue weighted by Gasteiger charge is 2.71. The summed E-state index contributed by atoms with van der Waals surface area (Å²) < 4.78 is 11.9. The Hall–Kier alpha value is -3.28. The van der Waals surface area contributed by atoms with Gasteiger partial charge in [-0.15, -0.1) is 0 Å². The first-order valence-electron chi connectivity index (χ1n) is 12.1. The van der Waals surface area contributed by atoms with Crippen LogP contribution in [-0.2, 0) is 24.5 Å². The molecule has 4 aliphatic rings. The number of ether oxygens (including phenoxy) is 2. The molecule has 0 aromatic heterocycles. The molecule has 1 aliphatic heterocycles. The van der Waals surface area contributed by atoms with Crippen LogP contribution < -0.4 is 4.90 Å². The molecule has 1 heterocycles. The zero-order chi connectivity index (χ0) is 24.6. The van der Waals surface area contributed by atoms with Crippen molar-refractivity contribution in [2.24, 2.45) is 11.8 Å². The maximum absolute atomic E-state index is 14.5. The molecule has 0 unspecified atom stereocenters. The van der Waals surface area contributed by atoms with Crippen LogP contribution in [0.4, 0.5) is 5.69 Å². The molecular weight excluding hydrogens is 438 g/mol. The maximum atomic E-state index is 14.5. The third kappa shape index (κ3) is 2.60.